The maximum atomic E-state index is 12.3. The van der Waals surface area contributed by atoms with E-state index in [4.69, 9.17) is 23.2 Å². The van der Waals surface area contributed by atoms with Crippen LogP contribution in [0.15, 0.2) is 67.0 Å². The molecule has 0 aliphatic rings. The molecule has 0 saturated heterocycles. The van der Waals surface area contributed by atoms with E-state index in [-0.39, 0.29) is 18.2 Å². The molecule has 0 fully saturated rings. The lowest BCUT2D eigenvalue weighted by Gasteiger charge is -2.06. The number of benzene rings is 2. The van der Waals surface area contributed by atoms with Gasteiger partial charge in [0.05, 0.1) is 0 Å². The second kappa shape index (κ2) is 8.66. The summed E-state index contributed by atoms with van der Waals surface area (Å²) in [7, 11) is 0. The van der Waals surface area contributed by atoms with Crippen molar-refractivity contribution < 1.29 is 9.59 Å². The largest absolute Gasteiger partial charge is 0.324 e. The van der Waals surface area contributed by atoms with Crippen molar-refractivity contribution >= 4 is 46.7 Å². The fourth-order valence-electron chi connectivity index (χ4n) is 2.36. The smallest absolute Gasteiger partial charge is 0.246 e. The number of amides is 1. The molecule has 1 N–H and O–H groups in total. The summed E-state index contributed by atoms with van der Waals surface area (Å²) in [5, 5.41) is 7.75. The van der Waals surface area contributed by atoms with Gasteiger partial charge >= 0.3 is 0 Å². The predicted octanol–water partition coefficient (Wildman–Crippen LogP) is 4.72. The number of anilines is 1. The first kappa shape index (κ1) is 18.9. The Morgan fingerprint density at radius 3 is 2.56 bits per heavy atom. The number of nitrogens with zero attached hydrogens (tertiary/aromatic N) is 2. The molecule has 0 aliphatic carbocycles. The minimum atomic E-state index is -0.199. The lowest BCUT2D eigenvalue weighted by Crippen LogP contribution is -2.18. The van der Waals surface area contributed by atoms with Gasteiger partial charge in [-0.25, -0.2) is 0 Å². The van der Waals surface area contributed by atoms with Crippen molar-refractivity contribution in [3.8, 4) is 0 Å². The second-order valence-electron chi connectivity index (χ2n) is 5.69. The first-order valence-corrected chi connectivity index (χ1v) is 8.82. The van der Waals surface area contributed by atoms with Gasteiger partial charge in [0.1, 0.15) is 6.54 Å². The van der Waals surface area contributed by atoms with E-state index in [0.717, 1.165) is 0 Å². The zero-order chi connectivity index (χ0) is 19.2. The highest BCUT2D eigenvalue weighted by Gasteiger charge is 2.06. The van der Waals surface area contributed by atoms with Crippen molar-refractivity contribution in [1.29, 1.82) is 0 Å². The Kier molecular flexibility index (Phi) is 6.06. The Morgan fingerprint density at radius 1 is 1.11 bits per heavy atom. The van der Waals surface area contributed by atoms with Crippen molar-refractivity contribution in [3.63, 3.8) is 0 Å². The molecule has 3 rings (SSSR count). The number of allylic oxidation sites excluding steroid dienone is 1. The van der Waals surface area contributed by atoms with E-state index < -0.39 is 0 Å². The van der Waals surface area contributed by atoms with Crippen molar-refractivity contribution in [2.75, 3.05) is 5.32 Å². The number of carbonyl (C=O) groups excluding carboxylic acids is 2. The van der Waals surface area contributed by atoms with E-state index in [1.807, 2.05) is 0 Å². The predicted molar refractivity (Wildman–Crippen MR) is 107 cm³/mol. The maximum absolute atomic E-state index is 12.3. The number of hydrogen-bond acceptors (Lipinski definition) is 3. The molecule has 5 nitrogen and oxygen atoms in total. The molecule has 0 saturated carbocycles. The highest BCUT2D eigenvalue weighted by molar-refractivity contribution is 6.35. The van der Waals surface area contributed by atoms with Gasteiger partial charge in [0.2, 0.25) is 5.91 Å². The van der Waals surface area contributed by atoms with Crippen LogP contribution in [-0.2, 0) is 11.3 Å². The molecule has 0 radical (unpaired) electrons. The van der Waals surface area contributed by atoms with Crippen LogP contribution in [0.5, 0.6) is 0 Å². The molecule has 1 heterocycles. The number of carbonyl (C=O) groups is 2. The quantitative estimate of drug-likeness (QED) is 0.481. The number of ketones is 1. The first-order chi connectivity index (χ1) is 13.0. The topological polar surface area (TPSA) is 64.0 Å². The summed E-state index contributed by atoms with van der Waals surface area (Å²) in [6.07, 6.45) is 6.40. The van der Waals surface area contributed by atoms with Gasteiger partial charge in [-0.15, -0.1) is 0 Å². The molecule has 27 heavy (non-hydrogen) atoms. The molecule has 7 heteroatoms. The van der Waals surface area contributed by atoms with Gasteiger partial charge in [0, 0.05) is 33.7 Å². The number of hydrogen-bond donors (Lipinski definition) is 1. The fourth-order valence-corrected chi connectivity index (χ4v) is 2.83. The van der Waals surface area contributed by atoms with Crippen LogP contribution in [0.1, 0.15) is 15.9 Å². The molecule has 0 spiro atoms. The van der Waals surface area contributed by atoms with E-state index in [1.54, 1.807) is 67.0 Å². The summed E-state index contributed by atoms with van der Waals surface area (Å²) in [6.45, 7) is 0.123. The van der Waals surface area contributed by atoms with Gasteiger partial charge in [-0.2, -0.15) is 5.10 Å². The zero-order valence-electron chi connectivity index (χ0n) is 14.1. The molecule has 0 aliphatic heterocycles. The van der Waals surface area contributed by atoms with Crippen LogP contribution in [-0.4, -0.2) is 21.5 Å². The molecule has 1 aromatic heterocycles. The van der Waals surface area contributed by atoms with Crippen molar-refractivity contribution in [2.24, 2.45) is 0 Å². The van der Waals surface area contributed by atoms with Crippen molar-refractivity contribution in [1.82, 2.24) is 9.78 Å². The summed E-state index contributed by atoms with van der Waals surface area (Å²) in [4.78, 5) is 24.2. The molecular weight excluding hydrogens is 385 g/mol. The molecule has 2 aromatic carbocycles. The first-order valence-electron chi connectivity index (χ1n) is 8.06. The standard InChI is InChI=1S/C20H15Cl2N3O2/c21-16-6-2-14(18(22)12-16)5-9-19(26)15-3-7-17(8-4-15)24-20(27)13-25-11-1-10-23-25/h1-12H,13H2,(H,24,27)/b9-5+. The lowest BCUT2D eigenvalue weighted by atomic mass is 10.1. The van der Waals surface area contributed by atoms with Crippen LogP contribution >= 0.6 is 23.2 Å². The third kappa shape index (κ3) is 5.29. The summed E-state index contributed by atoms with van der Waals surface area (Å²) in [6, 6.07) is 13.5. The highest BCUT2D eigenvalue weighted by atomic mass is 35.5. The molecule has 0 unspecified atom stereocenters. The van der Waals surface area contributed by atoms with Crippen LogP contribution < -0.4 is 5.32 Å². The Balaban J connectivity index is 1.61. The minimum absolute atomic E-state index is 0.123. The number of aromatic nitrogens is 2. The summed E-state index contributed by atoms with van der Waals surface area (Å²) in [5.74, 6) is -0.370. The minimum Gasteiger partial charge on any atom is -0.324 e. The van der Waals surface area contributed by atoms with Gasteiger partial charge in [0.15, 0.2) is 5.78 Å². The zero-order valence-corrected chi connectivity index (χ0v) is 15.6. The lowest BCUT2D eigenvalue weighted by molar-refractivity contribution is -0.116. The van der Waals surface area contributed by atoms with Crippen molar-refractivity contribution in [3.05, 3.63) is 88.2 Å². The van der Waals surface area contributed by atoms with Gasteiger partial charge in [0.25, 0.3) is 0 Å². The highest BCUT2D eigenvalue weighted by Crippen LogP contribution is 2.22. The third-order valence-corrected chi connectivity index (χ3v) is 4.26. The monoisotopic (exact) mass is 399 g/mol. The van der Waals surface area contributed by atoms with Crippen LogP contribution in [0.2, 0.25) is 10.0 Å². The van der Waals surface area contributed by atoms with E-state index >= 15 is 0 Å². The molecule has 1 amide bonds. The summed E-state index contributed by atoms with van der Waals surface area (Å²) < 4.78 is 1.53. The van der Waals surface area contributed by atoms with Crippen LogP contribution in [0.25, 0.3) is 6.08 Å². The normalized spacial score (nSPS) is 10.9. The van der Waals surface area contributed by atoms with E-state index in [2.05, 4.69) is 10.4 Å². The molecule has 3 aromatic rings. The Hall–Kier alpha value is -2.89. The van der Waals surface area contributed by atoms with Gasteiger partial charge in [-0.1, -0.05) is 29.3 Å². The second-order valence-corrected chi connectivity index (χ2v) is 6.54. The molecule has 0 atom stereocenters. The molecule has 0 bridgehead atoms. The SMILES string of the molecule is O=C(Cn1cccn1)Nc1ccc(C(=O)/C=C/c2ccc(Cl)cc2Cl)cc1. The van der Waals surface area contributed by atoms with Crippen LogP contribution in [0, 0.1) is 0 Å². The average Bonchev–Trinajstić information content (AvgIpc) is 3.14. The summed E-state index contributed by atoms with van der Waals surface area (Å²) >= 11 is 11.9. The van der Waals surface area contributed by atoms with Crippen molar-refractivity contribution in [2.45, 2.75) is 6.54 Å². The van der Waals surface area contributed by atoms with E-state index in [0.29, 0.717) is 26.9 Å². The molecule has 136 valence electrons. The van der Waals surface area contributed by atoms with Gasteiger partial charge < -0.3 is 5.32 Å². The Labute approximate surface area is 166 Å². The molecular formula is C20H15Cl2N3O2. The third-order valence-electron chi connectivity index (χ3n) is 3.69. The van der Waals surface area contributed by atoms with Crippen LogP contribution in [0.3, 0.4) is 0 Å². The summed E-state index contributed by atoms with van der Waals surface area (Å²) in [5.41, 5.74) is 1.81. The van der Waals surface area contributed by atoms with E-state index in [1.165, 1.54) is 10.8 Å². The van der Waals surface area contributed by atoms with E-state index in [9.17, 15) is 9.59 Å². The number of nitrogens with one attached hydrogen (secondary N) is 1. The number of rotatable bonds is 6. The van der Waals surface area contributed by atoms with Gasteiger partial charge in [-0.3, -0.25) is 14.3 Å². The number of halogens is 2. The van der Waals surface area contributed by atoms with Gasteiger partial charge in [-0.05, 0) is 60.2 Å². The Bertz CT molecular complexity index is 981. The fraction of sp³-hybridized carbons (Fsp3) is 0.0500. The maximum Gasteiger partial charge on any atom is 0.246 e. The van der Waals surface area contributed by atoms with Crippen LogP contribution in [0.4, 0.5) is 5.69 Å². The average molecular weight is 400 g/mol. The Morgan fingerprint density at radius 2 is 1.89 bits per heavy atom.